The van der Waals surface area contributed by atoms with Gasteiger partial charge >= 0.3 is 6.09 Å². The van der Waals surface area contributed by atoms with Gasteiger partial charge < -0.3 is 18.9 Å². The summed E-state index contributed by atoms with van der Waals surface area (Å²) >= 11 is 0. The molecule has 0 saturated carbocycles. The zero-order valence-corrected chi connectivity index (χ0v) is 19.5. The Kier molecular flexibility index (Phi) is 5.61. The Bertz CT molecular complexity index is 1410. The van der Waals surface area contributed by atoms with Crippen molar-refractivity contribution >= 4 is 45.2 Å². The number of aryl methyl sites for hydroxylation is 2. The highest BCUT2D eigenvalue weighted by Gasteiger charge is 2.34. The summed E-state index contributed by atoms with van der Waals surface area (Å²) in [6.07, 6.45) is -0.947. The van der Waals surface area contributed by atoms with Crippen LogP contribution in [0.3, 0.4) is 0 Å². The molecule has 2 amide bonds. The fraction of sp³-hybridized carbons (Fsp3) is 0.259. The second-order valence-electron chi connectivity index (χ2n) is 8.51. The van der Waals surface area contributed by atoms with Crippen molar-refractivity contribution in [2.24, 2.45) is 0 Å². The van der Waals surface area contributed by atoms with Crippen LogP contribution in [0.5, 0.6) is 5.75 Å². The lowest BCUT2D eigenvalue weighted by Crippen LogP contribution is -2.28. The lowest BCUT2D eigenvalue weighted by molar-refractivity contribution is -0.117. The molecule has 1 aromatic heterocycles. The van der Waals surface area contributed by atoms with Crippen molar-refractivity contribution in [1.29, 1.82) is 0 Å². The number of amides is 2. The van der Waals surface area contributed by atoms with Gasteiger partial charge in [0.15, 0.2) is 0 Å². The van der Waals surface area contributed by atoms with Crippen molar-refractivity contribution < 1.29 is 19.1 Å². The molecule has 174 valence electrons. The van der Waals surface area contributed by atoms with Crippen LogP contribution in [0.1, 0.15) is 18.9 Å². The van der Waals surface area contributed by atoms with Crippen LogP contribution >= 0.6 is 0 Å². The van der Waals surface area contributed by atoms with E-state index in [4.69, 9.17) is 9.47 Å². The zero-order valence-electron chi connectivity index (χ0n) is 19.5. The normalized spacial score (nSPS) is 15.8. The van der Waals surface area contributed by atoms with E-state index in [-0.39, 0.29) is 12.3 Å². The van der Waals surface area contributed by atoms with Crippen molar-refractivity contribution in [2.75, 3.05) is 23.9 Å². The molecule has 1 fully saturated rings. The van der Waals surface area contributed by atoms with Gasteiger partial charge in [-0.3, -0.25) is 10.1 Å². The van der Waals surface area contributed by atoms with Crippen LogP contribution in [0, 0.1) is 6.92 Å². The number of carbonyl (C=O) groups is 2. The number of methoxy groups -OCH3 is 1. The molecule has 1 unspecified atom stereocenters. The number of fused-ring (bicyclic) bond motifs is 3. The summed E-state index contributed by atoms with van der Waals surface area (Å²) in [6.45, 7) is 5.23. The Balaban J connectivity index is 1.31. The van der Waals surface area contributed by atoms with E-state index in [0.29, 0.717) is 18.0 Å². The number of benzene rings is 3. The monoisotopic (exact) mass is 457 g/mol. The molecule has 0 bridgehead atoms. The number of rotatable bonds is 5. The van der Waals surface area contributed by atoms with Crippen molar-refractivity contribution in [3.05, 3.63) is 66.2 Å². The van der Waals surface area contributed by atoms with Crippen molar-refractivity contribution in [3.63, 3.8) is 0 Å². The van der Waals surface area contributed by atoms with Crippen LogP contribution < -0.4 is 15.0 Å². The summed E-state index contributed by atoms with van der Waals surface area (Å²) < 4.78 is 13.2. The van der Waals surface area contributed by atoms with Crippen molar-refractivity contribution in [2.45, 2.75) is 32.9 Å². The van der Waals surface area contributed by atoms with Crippen LogP contribution in [0.25, 0.3) is 21.8 Å². The number of hydrogen-bond donors (Lipinski definition) is 1. The quantitative estimate of drug-likeness (QED) is 0.430. The van der Waals surface area contributed by atoms with Gasteiger partial charge in [0.1, 0.15) is 11.9 Å². The first-order valence-corrected chi connectivity index (χ1v) is 11.4. The SMILES string of the molecule is CCn1c2ccccc2c2cc(NC(=O)OC3CC(=O)N(c4cc(OC)ccc4C)C3)ccc21. The van der Waals surface area contributed by atoms with Gasteiger partial charge in [-0.25, -0.2) is 4.79 Å². The number of carbonyl (C=O) groups excluding carboxylic acids is 2. The Morgan fingerprint density at radius 1 is 1.06 bits per heavy atom. The van der Waals surface area contributed by atoms with Gasteiger partial charge in [-0.05, 0) is 49.7 Å². The van der Waals surface area contributed by atoms with Gasteiger partial charge in [-0.1, -0.05) is 24.3 Å². The number of aromatic nitrogens is 1. The van der Waals surface area contributed by atoms with E-state index in [1.165, 1.54) is 0 Å². The molecule has 34 heavy (non-hydrogen) atoms. The molecule has 7 nitrogen and oxygen atoms in total. The van der Waals surface area contributed by atoms with Gasteiger partial charge in [0.2, 0.25) is 5.91 Å². The summed E-state index contributed by atoms with van der Waals surface area (Å²) in [7, 11) is 1.59. The molecule has 0 aliphatic carbocycles. The molecule has 0 spiro atoms. The highest BCUT2D eigenvalue weighted by Crippen LogP contribution is 2.32. The minimum absolute atomic E-state index is 0.0806. The molecule has 3 aromatic carbocycles. The zero-order chi connectivity index (χ0) is 23.8. The molecule has 1 N–H and O–H groups in total. The molecule has 7 heteroatoms. The molecule has 0 radical (unpaired) electrons. The summed E-state index contributed by atoms with van der Waals surface area (Å²) in [4.78, 5) is 27.0. The van der Waals surface area contributed by atoms with Crippen LogP contribution in [-0.4, -0.2) is 36.3 Å². The molecule has 1 aliphatic rings. The Morgan fingerprint density at radius 2 is 1.85 bits per heavy atom. The lowest BCUT2D eigenvalue weighted by atomic mass is 10.1. The highest BCUT2D eigenvalue weighted by atomic mass is 16.6. The summed E-state index contributed by atoms with van der Waals surface area (Å²) in [5.74, 6) is 0.596. The minimum atomic E-state index is -0.569. The highest BCUT2D eigenvalue weighted by molar-refractivity contribution is 6.09. The third-order valence-electron chi connectivity index (χ3n) is 6.41. The Labute approximate surface area is 197 Å². The number of ether oxygens (including phenoxy) is 2. The maximum atomic E-state index is 12.7. The van der Waals surface area contributed by atoms with Crippen molar-refractivity contribution in [1.82, 2.24) is 4.57 Å². The number of anilines is 2. The van der Waals surface area contributed by atoms with Gasteiger partial charge in [0.05, 0.1) is 25.8 Å². The number of nitrogens with zero attached hydrogens (tertiary/aromatic N) is 2. The predicted octanol–water partition coefficient (Wildman–Crippen LogP) is 5.49. The predicted molar refractivity (Wildman–Crippen MR) is 134 cm³/mol. The largest absolute Gasteiger partial charge is 0.497 e. The molecule has 1 saturated heterocycles. The second-order valence-corrected chi connectivity index (χ2v) is 8.51. The second kappa shape index (κ2) is 8.74. The molecular weight excluding hydrogens is 430 g/mol. The van der Waals surface area contributed by atoms with E-state index >= 15 is 0 Å². The van der Waals surface area contributed by atoms with E-state index < -0.39 is 12.2 Å². The van der Waals surface area contributed by atoms with Crippen molar-refractivity contribution in [3.8, 4) is 5.75 Å². The molecular formula is C27H27N3O4. The lowest BCUT2D eigenvalue weighted by Gasteiger charge is -2.20. The van der Waals surface area contributed by atoms with Crippen LogP contribution in [-0.2, 0) is 16.1 Å². The standard InChI is InChI=1S/C27H27N3O4/c1-4-29-23-8-6-5-7-21(23)22-13-18(10-12-24(22)29)28-27(32)34-20-15-26(31)30(16-20)25-14-19(33-3)11-9-17(25)2/h5-14,20H,4,15-16H2,1-3H3,(H,28,32). The van der Waals surface area contributed by atoms with E-state index in [1.54, 1.807) is 12.0 Å². The van der Waals surface area contributed by atoms with Gasteiger partial charge in [0, 0.05) is 40.1 Å². The number of hydrogen-bond acceptors (Lipinski definition) is 4. The Morgan fingerprint density at radius 3 is 2.65 bits per heavy atom. The van der Waals surface area contributed by atoms with E-state index in [1.807, 2.05) is 55.5 Å². The average Bonchev–Trinajstić information content (AvgIpc) is 3.35. The van der Waals surface area contributed by atoms with E-state index in [2.05, 4.69) is 28.9 Å². The Hall–Kier alpha value is -4.00. The van der Waals surface area contributed by atoms with E-state index in [0.717, 1.165) is 39.6 Å². The first-order valence-electron chi connectivity index (χ1n) is 11.4. The third-order valence-corrected chi connectivity index (χ3v) is 6.41. The minimum Gasteiger partial charge on any atom is -0.497 e. The summed E-state index contributed by atoms with van der Waals surface area (Å²) in [5.41, 5.74) is 4.67. The van der Waals surface area contributed by atoms with Crippen LogP contribution in [0.15, 0.2) is 60.7 Å². The molecule has 5 rings (SSSR count). The van der Waals surface area contributed by atoms with Crippen LogP contribution in [0.2, 0.25) is 0 Å². The van der Waals surface area contributed by atoms with E-state index in [9.17, 15) is 9.59 Å². The van der Waals surface area contributed by atoms with Gasteiger partial charge in [-0.2, -0.15) is 0 Å². The third kappa shape index (κ3) is 3.83. The van der Waals surface area contributed by atoms with Gasteiger partial charge in [-0.15, -0.1) is 0 Å². The number of para-hydroxylation sites is 1. The molecule has 1 aliphatic heterocycles. The summed E-state index contributed by atoms with van der Waals surface area (Å²) in [5, 5.41) is 5.05. The maximum Gasteiger partial charge on any atom is 0.411 e. The topological polar surface area (TPSA) is 72.8 Å². The fourth-order valence-electron chi connectivity index (χ4n) is 4.76. The smallest absolute Gasteiger partial charge is 0.411 e. The van der Waals surface area contributed by atoms with Gasteiger partial charge in [0.25, 0.3) is 0 Å². The first-order chi connectivity index (χ1) is 16.5. The molecule has 2 heterocycles. The maximum absolute atomic E-state index is 12.7. The number of nitrogens with one attached hydrogen (secondary N) is 1. The summed E-state index contributed by atoms with van der Waals surface area (Å²) in [6, 6.07) is 19.7. The first kappa shape index (κ1) is 21.8. The van der Waals surface area contributed by atoms with Crippen LogP contribution in [0.4, 0.5) is 16.2 Å². The average molecular weight is 458 g/mol. The molecule has 1 atom stereocenters. The fourth-order valence-corrected chi connectivity index (χ4v) is 4.76. The molecule has 4 aromatic rings.